The molecule has 0 radical (unpaired) electrons. The van der Waals surface area contributed by atoms with E-state index in [-0.39, 0.29) is 4.75 Å². The Balaban J connectivity index is 1.57. The minimum Gasteiger partial charge on any atom is -0.598 e. The fraction of sp³-hybridized carbons (Fsp3) is 0.667. The highest BCUT2D eigenvalue weighted by molar-refractivity contribution is 7.90. The average molecular weight is 321 g/mol. The van der Waals surface area contributed by atoms with Crippen LogP contribution in [0.3, 0.4) is 0 Å². The van der Waals surface area contributed by atoms with Gasteiger partial charge >= 0.3 is 0 Å². The molecule has 2 aliphatic rings. The second kappa shape index (κ2) is 6.52. The van der Waals surface area contributed by atoms with Gasteiger partial charge in [-0.25, -0.2) is 0 Å². The maximum Gasteiger partial charge on any atom is 0.136 e. The fourth-order valence-electron chi connectivity index (χ4n) is 3.79. The van der Waals surface area contributed by atoms with Crippen molar-refractivity contribution in [2.24, 2.45) is 11.8 Å². The zero-order valence-corrected chi connectivity index (χ0v) is 14.7. The van der Waals surface area contributed by atoms with E-state index in [2.05, 4.69) is 40.0 Å². The van der Waals surface area contributed by atoms with Crippen molar-refractivity contribution < 1.29 is 4.55 Å². The maximum atomic E-state index is 12.4. The van der Waals surface area contributed by atoms with Gasteiger partial charge in [-0.2, -0.15) is 0 Å². The third kappa shape index (κ3) is 3.67. The monoisotopic (exact) mass is 320 g/mol. The smallest absolute Gasteiger partial charge is 0.136 e. The van der Waals surface area contributed by atoms with Crippen LogP contribution in [-0.4, -0.2) is 33.3 Å². The fourth-order valence-corrected chi connectivity index (χ4v) is 4.71. The molecule has 1 saturated heterocycles. The second-order valence-electron chi connectivity index (χ2n) is 7.79. The first kappa shape index (κ1) is 16.3. The lowest BCUT2D eigenvalue weighted by Crippen LogP contribution is -2.47. The highest BCUT2D eigenvalue weighted by Crippen LogP contribution is 2.39. The van der Waals surface area contributed by atoms with Crippen molar-refractivity contribution in [2.45, 2.75) is 50.9 Å². The van der Waals surface area contributed by atoms with Crippen LogP contribution in [0.25, 0.3) is 0 Å². The predicted octanol–water partition coefficient (Wildman–Crippen LogP) is 2.95. The van der Waals surface area contributed by atoms with E-state index in [1.165, 1.54) is 24.9 Å². The molecule has 4 heteroatoms. The molecule has 1 saturated carbocycles. The molecule has 4 atom stereocenters. The number of fused-ring (bicyclic) bond motifs is 1. The lowest BCUT2D eigenvalue weighted by Gasteiger charge is -2.28. The van der Waals surface area contributed by atoms with Crippen LogP contribution in [0.2, 0.25) is 0 Å². The van der Waals surface area contributed by atoms with Gasteiger partial charge in [-0.15, -0.1) is 4.72 Å². The quantitative estimate of drug-likeness (QED) is 0.867. The van der Waals surface area contributed by atoms with Crippen LogP contribution in [0.5, 0.6) is 0 Å². The van der Waals surface area contributed by atoms with Gasteiger partial charge in [-0.3, -0.25) is 4.90 Å². The Labute approximate surface area is 137 Å². The van der Waals surface area contributed by atoms with Gasteiger partial charge in [0.1, 0.15) is 4.75 Å². The summed E-state index contributed by atoms with van der Waals surface area (Å²) in [6.45, 7) is 9.50. The average Bonchev–Trinajstić information content (AvgIpc) is 3.00. The molecule has 0 aromatic heterocycles. The topological polar surface area (TPSA) is 38.3 Å². The number of benzene rings is 1. The van der Waals surface area contributed by atoms with Crippen LogP contribution in [0.4, 0.5) is 0 Å². The van der Waals surface area contributed by atoms with Gasteiger partial charge < -0.3 is 4.55 Å². The zero-order chi connectivity index (χ0) is 15.7. The van der Waals surface area contributed by atoms with Gasteiger partial charge in [0.15, 0.2) is 0 Å². The van der Waals surface area contributed by atoms with Gasteiger partial charge in [0, 0.05) is 31.0 Å². The van der Waals surface area contributed by atoms with E-state index in [1.807, 2.05) is 20.8 Å². The summed E-state index contributed by atoms with van der Waals surface area (Å²) in [4.78, 5) is 2.57. The molecule has 0 bridgehead atoms. The summed E-state index contributed by atoms with van der Waals surface area (Å²) < 4.78 is 15.6. The SMILES string of the molecule is CC(C)(C)[S@+]([O-])N[C@H]1CC[C@H]2CN(Cc3ccccc3)C[C@H]21. The minimum absolute atomic E-state index is 0.180. The van der Waals surface area contributed by atoms with Crippen molar-refractivity contribution in [1.29, 1.82) is 0 Å². The number of nitrogens with zero attached hydrogens (tertiary/aromatic N) is 1. The number of hydrogen-bond donors (Lipinski definition) is 1. The van der Waals surface area contributed by atoms with Gasteiger partial charge in [0.25, 0.3) is 0 Å². The first-order valence-electron chi connectivity index (χ1n) is 8.38. The molecule has 0 unspecified atom stereocenters. The largest absolute Gasteiger partial charge is 0.598 e. The van der Waals surface area contributed by atoms with Crippen LogP contribution >= 0.6 is 0 Å². The van der Waals surface area contributed by atoms with Crippen molar-refractivity contribution in [2.75, 3.05) is 13.1 Å². The maximum absolute atomic E-state index is 12.4. The lowest BCUT2D eigenvalue weighted by molar-refractivity contribution is 0.295. The van der Waals surface area contributed by atoms with E-state index in [4.69, 9.17) is 0 Å². The molecule has 3 nitrogen and oxygen atoms in total. The minimum atomic E-state index is -0.954. The summed E-state index contributed by atoms with van der Waals surface area (Å²) in [6, 6.07) is 11.1. The molecule has 2 fully saturated rings. The number of rotatable bonds is 4. The van der Waals surface area contributed by atoms with Crippen LogP contribution in [0, 0.1) is 11.8 Å². The molecule has 22 heavy (non-hydrogen) atoms. The van der Waals surface area contributed by atoms with E-state index >= 15 is 0 Å². The van der Waals surface area contributed by atoms with Crippen molar-refractivity contribution in [3.8, 4) is 0 Å². The molecular formula is C18H28N2OS. The predicted molar refractivity (Wildman–Crippen MR) is 92.8 cm³/mol. The van der Waals surface area contributed by atoms with E-state index < -0.39 is 11.4 Å². The Morgan fingerprint density at radius 2 is 1.91 bits per heavy atom. The third-order valence-corrected chi connectivity index (χ3v) is 6.63. The lowest BCUT2D eigenvalue weighted by atomic mass is 9.98. The Bertz CT molecular complexity index is 488. The van der Waals surface area contributed by atoms with Crippen LogP contribution in [0.15, 0.2) is 30.3 Å². The molecule has 1 aliphatic carbocycles. The summed E-state index contributed by atoms with van der Waals surface area (Å²) in [5, 5.41) is 0. The molecule has 1 aromatic carbocycles. The summed E-state index contributed by atoms with van der Waals surface area (Å²) in [5.74, 6) is 1.44. The van der Waals surface area contributed by atoms with E-state index in [0.29, 0.717) is 12.0 Å². The van der Waals surface area contributed by atoms with Crippen molar-refractivity contribution in [3.63, 3.8) is 0 Å². The van der Waals surface area contributed by atoms with E-state index in [9.17, 15) is 4.55 Å². The second-order valence-corrected chi connectivity index (χ2v) is 9.78. The van der Waals surface area contributed by atoms with Crippen molar-refractivity contribution in [3.05, 3.63) is 35.9 Å². The van der Waals surface area contributed by atoms with Gasteiger partial charge in [0.05, 0.1) is 6.04 Å². The third-order valence-electron chi connectivity index (χ3n) is 5.00. The molecular weight excluding hydrogens is 292 g/mol. The molecule has 1 aromatic rings. The Morgan fingerprint density at radius 3 is 2.59 bits per heavy atom. The Hall–Kier alpha value is -0.550. The summed E-state index contributed by atoms with van der Waals surface area (Å²) >= 11 is -0.954. The van der Waals surface area contributed by atoms with Crippen LogP contribution < -0.4 is 4.72 Å². The zero-order valence-electron chi connectivity index (χ0n) is 13.9. The highest BCUT2D eigenvalue weighted by atomic mass is 32.2. The number of nitrogens with one attached hydrogen (secondary N) is 1. The standard InChI is InChI=1S/C18H28N2OS/c1-18(2,3)22(21)19-17-10-9-15-12-20(13-16(15)17)11-14-7-5-4-6-8-14/h4-8,15-17,19H,9-13H2,1-3H3/t15-,16+,17-,22-/m0/s1. The van der Waals surface area contributed by atoms with Crippen molar-refractivity contribution >= 4 is 11.4 Å². The molecule has 0 spiro atoms. The molecule has 1 N–H and O–H groups in total. The summed E-state index contributed by atoms with van der Waals surface area (Å²) in [5.41, 5.74) is 1.39. The number of likely N-dealkylation sites (tertiary alicyclic amines) is 1. The van der Waals surface area contributed by atoms with Gasteiger partial charge in [-0.1, -0.05) is 30.3 Å². The highest BCUT2D eigenvalue weighted by Gasteiger charge is 2.45. The van der Waals surface area contributed by atoms with Crippen LogP contribution in [0.1, 0.15) is 39.2 Å². The summed E-state index contributed by atoms with van der Waals surface area (Å²) in [6.07, 6.45) is 2.45. The Morgan fingerprint density at radius 1 is 1.18 bits per heavy atom. The van der Waals surface area contributed by atoms with E-state index in [0.717, 1.165) is 19.0 Å². The normalized spacial score (nSPS) is 30.5. The molecule has 1 heterocycles. The van der Waals surface area contributed by atoms with Gasteiger partial charge in [0.2, 0.25) is 0 Å². The number of hydrogen-bond acceptors (Lipinski definition) is 3. The molecule has 122 valence electrons. The first-order chi connectivity index (χ1) is 10.4. The summed E-state index contributed by atoms with van der Waals surface area (Å²) in [7, 11) is 0. The Kier molecular flexibility index (Phi) is 4.83. The van der Waals surface area contributed by atoms with Crippen LogP contribution in [-0.2, 0) is 17.9 Å². The van der Waals surface area contributed by atoms with Gasteiger partial charge in [-0.05, 0) is 51.0 Å². The first-order valence-corrected chi connectivity index (χ1v) is 9.53. The van der Waals surface area contributed by atoms with Crippen molar-refractivity contribution in [1.82, 2.24) is 9.62 Å². The molecule has 1 aliphatic heterocycles. The van der Waals surface area contributed by atoms with E-state index in [1.54, 1.807) is 0 Å². The molecule has 0 amide bonds. The molecule has 3 rings (SSSR count).